The van der Waals surface area contributed by atoms with E-state index in [-0.39, 0.29) is 43.7 Å². The zero-order valence-electron chi connectivity index (χ0n) is 12.0. The van der Waals surface area contributed by atoms with Crippen molar-refractivity contribution in [1.29, 1.82) is 0 Å². The van der Waals surface area contributed by atoms with Gasteiger partial charge in [0.05, 0.1) is 6.10 Å². The summed E-state index contributed by atoms with van der Waals surface area (Å²) in [5.74, 6) is -1.41. The van der Waals surface area contributed by atoms with Crippen molar-refractivity contribution >= 4 is 17.8 Å². The molecule has 2 aliphatic rings. The molecule has 2 rings (SSSR count). The van der Waals surface area contributed by atoms with Crippen molar-refractivity contribution in [3.8, 4) is 0 Å². The van der Waals surface area contributed by atoms with Gasteiger partial charge in [-0.25, -0.2) is 4.79 Å². The van der Waals surface area contributed by atoms with Gasteiger partial charge in [0.25, 0.3) is 0 Å². The number of aliphatic hydroxyl groups is 1. The van der Waals surface area contributed by atoms with Gasteiger partial charge in [-0.1, -0.05) is 12.8 Å². The lowest BCUT2D eigenvalue weighted by molar-refractivity contribution is -0.148. The molecule has 1 saturated heterocycles. The number of rotatable bonds is 5. The molecule has 0 bridgehead atoms. The minimum Gasteiger partial charge on any atom is -0.480 e. The summed E-state index contributed by atoms with van der Waals surface area (Å²) in [5.41, 5.74) is 0. The summed E-state index contributed by atoms with van der Waals surface area (Å²) in [7, 11) is 0. The second-order valence-corrected chi connectivity index (χ2v) is 5.81. The molecule has 0 aromatic rings. The number of nitrogens with one attached hydrogen (secondary N) is 1. The van der Waals surface area contributed by atoms with Crippen LogP contribution in [0.15, 0.2) is 0 Å². The number of carboxylic acids is 1. The molecule has 1 aliphatic heterocycles. The summed E-state index contributed by atoms with van der Waals surface area (Å²) < 4.78 is 0. The van der Waals surface area contributed by atoms with Crippen molar-refractivity contribution in [2.45, 2.75) is 50.7 Å². The zero-order valence-corrected chi connectivity index (χ0v) is 12.0. The van der Waals surface area contributed by atoms with E-state index < -0.39 is 18.1 Å². The number of carboxylic acid groups (broad SMARTS) is 1. The highest BCUT2D eigenvalue weighted by Crippen LogP contribution is 2.24. The maximum Gasteiger partial charge on any atom is 0.326 e. The van der Waals surface area contributed by atoms with Crippen LogP contribution in [0.2, 0.25) is 0 Å². The molecule has 1 aliphatic carbocycles. The Morgan fingerprint density at radius 2 is 1.86 bits per heavy atom. The van der Waals surface area contributed by atoms with E-state index in [4.69, 9.17) is 5.11 Å². The molecule has 7 heteroatoms. The fourth-order valence-electron chi connectivity index (χ4n) is 3.09. The van der Waals surface area contributed by atoms with Crippen molar-refractivity contribution in [2.75, 3.05) is 13.1 Å². The van der Waals surface area contributed by atoms with Gasteiger partial charge < -0.3 is 20.4 Å². The summed E-state index contributed by atoms with van der Waals surface area (Å²) >= 11 is 0. The van der Waals surface area contributed by atoms with E-state index in [1.165, 1.54) is 4.90 Å². The molecular weight excluding hydrogens is 276 g/mol. The standard InChI is InChI=1S/C14H22N2O5/c17-10-7-11(14(20)21)16(8-10)12(18)5-6-15-13(19)9-3-1-2-4-9/h9-11,17H,1-8H2,(H,15,19)(H,20,21)/t10-,11-/m1/s1. The Balaban J connectivity index is 1.76. The van der Waals surface area contributed by atoms with E-state index in [9.17, 15) is 19.5 Å². The first-order valence-electron chi connectivity index (χ1n) is 7.47. The van der Waals surface area contributed by atoms with Crippen LogP contribution >= 0.6 is 0 Å². The molecule has 118 valence electrons. The number of carbonyl (C=O) groups is 3. The third kappa shape index (κ3) is 3.93. The van der Waals surface area contributed by atoms with Gasteiger partial charge in [-0.05, 0) is 12.8 Å². The van der Waals surface area contributed by atoms with Gasteiger partial charge in [0, 0.05) is 31.8 Å². The summed E-state index contributed by atoms with van der Waals surface area (Å²) in [5, 5.41) is 21.3. The molecule has 2 atom stereocenters. The first-order valence-corrected chi connectivity index (χ1v) is 7.47. The number of hydrogen-bond acceptors (Lipinski definition) is 4. The molecule has 2 amide bonds. The second kappa shape index (κ2) is 6.89. The highest BCUT2D eigenvalue weighted by Gasteiger charge is 2.38. The minimum absolute atomic E-state index is 0.0171. The average Bonchev–Trinajstić information content (AvgIpc) is 3.07. The lowest BCUT2D eigenvalue weighted by atomic mass is 10.1. The first-order chi connectivity index (χ1) is 9.99. The van der Waals surface area contributed by atoms with Gasteiger partial charge in [0.2, 0.25) is 11.8 Å². The van der Waals surface area contributed by atoms with E-state index in [0.717, 1.165) is 25.7 Å². The smallest absolute Gasteiger partial charge is 0.326 e. The monoisotopic (exact) mass is 298 g/mol. The summed E-state index contributed by atoms with van der Waals surface area (Å²) in [6.45, 7) is 0.263. The van der Waals surface area contributed by atoms with Crippen LogP contribution in [0.1, 0.15) is 38.5 Å². The molecule has 1 saturated carbocycles. The van der Waals surface area contributed by atoms with E-state index >= 15 is 0 Å². The Morgan fingerprint density at radius 3 is 2.48 bits per heavy atom. The molecule has 0 unspecified atom stereocenters. The van der Waals surface area contributed by atoms with Crippen LogP contribution in [0.3, 0.4) is 0 Å². The van der Waals surface area contributed by atoms with Gasteiger partial charge >= 0.3 is 5.97 Å². The zero-order chi connectivity index (χ0) is 15.4. The van der Waals surface area contributed by atoms with Crippen LogP contribution in [-0.4, -0.2) is 58.1 Å². The third-order valence-electron chi connectivity index (χ3n) is 4.25. The number of aliphatic carboxylic acids is 1. The lowest BCUT2D eigenvalue weighted by Crippen LogP contribution is -2.42. The molecule has 3 N–H and O–H groups in total. The van der Waals surface area contributed by atoms with Gasteiger partial charge in [0.15, 0.2) is 0 Å². The second-order valence-electron chi connectivity index (χ2n) is 5.81. The Hall–Kier alpha value is -1.63. The number of aliphatic hydroxyl groups excluding tert-OH is 1. The summed E-state index contributed by atoms with van der Waals surface area (Å²) in [6, 6.07) is -0.960. The van der Waals surface area contributed by atoms with Gasteiger partial charge in [-0.3, -0.25) is 9.59 Å². The Bertz CT molecular complexity index is 420. The van der Waals surface area contributed by atoms with Crippen molar-refractivity contribution in [3.63, 3.8) is 0 Å². The number of likely N-dealkylation sites (tertiary alicyclic amines) is 1. The van der Waals surface area contributed by atoms with Crippen molar-refractivity contribution < 1.29 is 24.6 Å². The predicted octanol–water partition coefficient (Wildman–Crippen LogP) is -0.271. The van der Waals surface area contributed by atoms with Crippen LogP contribution in [-0.2, 0) is 14.4 Å². The molecule has 0 radical (unpaired) electrons. The van der Waals surface area contributed by atoms with E-state index in [1.54, 1.807) is 0 Å². The number of β-amino-alcohol motifs (C(OH)–C–C–N with tert-alkyl or cyclic N) is 1. The fraction of sp³-hybridized carbons (Fsp3) is 0.786. The van der Waals surface area contributed by atoms with Crippen LogP contribution in [0.4, 0.5) is 0 Å². The molecule has 1 heterocycles. The predicted molar refractivity (Wildman–Crippen MR) is 73.3 cm³/mol. The van der Waals surface area contributed by atoms with Gasteiger partial charge in [-0.15, -0.1) is 0 Å². The van der Waals surface area contributed by atoms with Crippen LogP contribution < -0.4 is 5.32 Å². The van der Waals surface area contributed by atoms with E-state index in [1.807, 2.05) is 0 Å². The number of nitrogens with zero attached hydrogens (tertiary/aromatic N) is 1. The maximum absolute atomic E-state index is 12.0. The molecule has 0 spiro atoms. The SMILES string of the molecule is O=C(NCCC(=O)N1C[C@H](O)C[C@@H]1C(=O)O)C1CCCC1. The van der Waals surface area contributed by atoms with Crippen molar-refractivity contribution in [2.24, 2.45) is 5.92 Å². The maximum atomic E-state index is 12.0. The molecule has 7 nitrogen and oxygen atoms in total. The van der Waals surface area contributed by atoms with E-state index in [0.29, 0.717) is 0 Å². The van der Waals surface area contributed by atoms with Crippen LogP contribution in [0, 0.1) is 5.92 Å². The first kappa shape index (κ1) is 15.8. The van der Waals surface area contributed by atoms with Crippen LogP contribution in [0.25, 0.3) is 0 Å². The quantitative estimate of drug-likeness (QED) is 0.647. The minimum atomic E-state index is -1.10. The average molecular weight is 298 g/mol. The number of hydrogen-bond donors (Lipinski definition) is 3. The summed E-state index contributed by atoms with van der Waals surface area (Å²) in [6.07, 6.45) is 3.29. The third-order valence-corrected chi connectivity index (χ3v) is 4.25. The highest BCUT2D eigenvalue weighted by molar-refractivity contribution is 5.85. The van der Waals surface area contributed by atoms with Crippen LogP contribution in [0.5, 0.6) is 0 Å². The summed E-state index contributed by atoms with van der Waals surface area (Å²) in [4.78, 5) is 36.0. The lowest BCUT2D eigenvalue weighted by Gasteiger charge is -2.21. The largest absolute Gasteiger partial charge is 0.480 e. The van der Waals surface area contributed by atoms with E-state index in [2.05, 4.69) is 5.32 Å². The number of amides is 2. The van der Waals surface area contributed by atoms with Gasteiger partial charge in [-0.2, -0.15) is 0 Å². The van der Waals surface area contributed by atoms with Gasteiger partial charge in [0.1, 0.15) is 6.04 Å². The Morgan fingerprint density at radius 1 is 1.19 bits per heavy atom. The Kier molecular flexibility index (Phi) is 5.17. The molecule has 21 heavy (non-hydrogen) atoms. The number of carbonyl (C=O) groups excluding carboxylic acids is 2. The normalized spacial score (nSPS) is 26.0. The fourth-order valence-corrected chi connectivity index (χ4v) is 3.09. The van der Waals surface area contributed by atoms with Crippen molar-refractivity contribution in [1.82, 2.24) is 10.2 Å². The highest BCUT2D eigenvalue weighted by atomic mass is 16.4. The van der Waals surface area contributed by atoms with Crippen molar-refractivity contribution in [3.05, 3.63) is 0 Å². The molecular formula is C14H22N2O5. The molecule has 0 aromatic carbocycles. The molecule has 2 fully saturated rings. The molecule has 0 aromatic heterocycles. The topological polar surface area (TPSA) is 107 Å². The Labute approximate surface area is 123 Å².